The molecule has 1 saturated carbocycles. The zero-order valence-electron chi connectivity index (χ0n) is 12.6. The van der Waals surface area contributed by atoms with Gasteiger partial charge in [0.1, 0.15) is 0 Å². The number of halogens is 4. The van der Waals surface area contributed by atoms with E-state index in [2.05, 4.69) is 15.9 Å². The molecule has 0 N–H and O–H groups in total. The van der Waals surface area contributed by atoms with Crippen molar-refractivity contribution >= 4 is 33.4 Å². The zero-order valence-corrected chi connectivity index (χ0v) is 14.2. The molecule has 2 bridgehead atoms. The fraction of sp³-hybridized carbons (Fsp3) is 0.412. The van der Waals surface area contributed by atoms with Crippen LogP contribution in [0.3, 0.4) is 0 Å². The maximum Gasteiger partial charge on any atom is 0.417 e. The van der Waals surface area contributed by atoms with E-state index in [1.54, 1.807) is 0 Å². The number of benzene rings is 1. The van der Waals surface area contributed by atoms with Crippen LogP contribution in [0.5, 0.6) is 0 Å². The molecule has 0 aromatic heterocycles. The standard InChI is InChI=1S/C17H13BrF3NO2/c1-7-4-8-5-10(7)14-13(8)15(23)22(16(14)24)9-2-3-12(18)11(6-9)17(19,20)21/h2-4,6,8,10,13-14H,5H2,1H3/t8-,10-,13-,14+/m1/s1. The SMILES string of the molecule is CC1=C[C@@H]2C[C@H]1[C@@H]1C(=O)N(c3ccc(Br)c(C(F)(F)F)c3)C(=O)[C@@H]12. The quantitative estimate of drug-likeness (QED) is 0.524. The van der Waals surface area contributed by atoms with Crippen LogP contribution < -0.4 is 4.90 Å². The Balaban J connectivity index is 1.75. The van der Waals surface area contributed by atoms with Crippen molar-refractivity contribution in [1.29, 1.82) is 0 Å². The van der Waals surface area contributed by atoms with E-state index in [1.165, 1.54) is 12.1 Å². The maximum absolute atomic E-state index is 13.1. The van der Waals surface area contributed by atoms with Gasteiger partial charge in [-0.3, -0.25) is 14.5 Å². The summed E-state index contributed by atoms with van der Waals surface area (Å²) in [4.78, 5) is 26.4. The van der Waals surface area contributed by atoms with E-state index in [-0.39, 0.29) is 33.8 Å². The van der Waals surface area contributed by atoms with Gasteiger partial charge >= 0.3 is 6.18 Å². The monoisotopic (exact) mass is 399 g/mol. The van der Waals surface area contributed by atoms with Crippen molar-refractivity contribution in [3.05, 3.63) is 39.9 Å². The lowest BCUT2D eigenvalue weighted by Crippen LogP contribution is -2.33. The van der Waals surface area contributed by atoms with Gasteiger partial charge in [0, 0.05) is 4.47 Å². The minimum Gasteiger partial charge on any atom is -0.274 e. The maximum atomic E-state index is 13.1. The number of alkyl halides is 3. The first-order valence-corrected chi connectivity index (χ1v) is 8.42. The third-order valence-corrected chi connectivity index (χ3v) is 6.09. The van der Waals surface area contributed by atoms with Gasteiger partial charge in [0.15, 0.2) is 0 Å². The molecule has 1 aromatic carbocycles. The number of nitrogens with zero attached hydrogens (tertiary/aromatic N) is 1. The van der Waals surface area contributed by atoms with Crippen molar-refractivity contribution in [2.45, 2.75) is 19.5 Å². The van der Waals surface area contributed by atoms with Crippen molar-refractivity contribution in [1.82, 2.24) is 0 Å². The van der Waals surface area contributed by atoms with Crippen LogP contribution in [0.15, 0.2) is 34.3 Å². The highest BCUT2D eigenvalue weighted by molar-refractivity contribution is 9.10. The van der Waals surface area contributed by atoms with Crippen LogP contribution in [0.4, 0.5) is 18.9 Å². The van der Waals surface area contributed by atoms with Crippen LogP contribution in [-0.2, 0) is 15.8 Å². The highest BCUT2D eigenvalue weighted by atomic mass is 79.9. The molecule has 4 rings (SSSR count). The Bertz CT molecular complexity index is 802. The fourth-order valence-electron chi connectivity index (χ4n) is 4.40. The van der Waals surface area contributed by atoms with Crippen LogP contribution >= 0.6 is 15.9 Å². The Kier molecular flexibility index (Phi) is 3.27. The predicted molar refractivity (Wildman–Crippen MR) is 84.0 cm³/mol. The molecule has 0 radical (unpaired) electrons. The first kappa shape index (κ1) is 15.9. The van der Waals surface area contributed by atoms with Crippen molar-refractivity contribution in [3.63, 3.8) is 0 Å². The smallest absolute Gasteiger partial charge is 0.274 e. The molecule has 1 heterocycles. The first-order chi connectivity index (χ1) is 11.2. The second kappa shape index (κ2) is 4.94. The number of amides is 2. The van der Waals surface area contributed by atoms with Crippen LogP contribution in [0.2, 0.25) is 0 Å². The number of imide groups is 1. The van der Waals surface area contributed by atoms with Crippen LogP contribution in [0.25, 0.3) is 0 Å². The Hall–Kier alpha value is -1.63. The highest BCUT2D eigenvalue weighted by Crippen LogP contribution is 2.56. The number of rotatable bonds is 1. The molecule has 3 nitrogen and oxygen atoms in total. The first-order valence-electron chi connectivity index (χ1n) is 7.63. The third kappa shape index (κ3) is 2.03. The third-order valence-electron chi connectivity index (χ3n) is 5.39. The lowest BCUT2D eigenvalue weighted by Gasteiger charge is -2.20. The number of fused-ring (bicyclic) bond motifs is 5. The van der Waals surface area contributed by atoms with Gasteiger partial charge in [0.2, 0.25) is 11.8 Å². The molecule has 7 heteroatoms. The van der Waals surface area contributed by atoms with Crippen molar-refractivity contribution in [3.8, 4) is 0 Å². The normalized spacial score (nSPS) is 31.7. The van der Waals surface area contributed by atoms with Crippen molar-refractivity contribution in [2.24, 2.45) is 23.7 Å². The van der Waals surface area contributed by atoms with Gasteiger partial charge in [-0.05, 0) is 43.4 Å². The number of hydrogen-bond donors (Lipinski definition) is 0. The molecule has 2 aliphatic carbocycles. The number of allylic oxidation sites excluding steroid dienone is 2. The number of carbonyl (C=O) groups is 2. The average molecular weight is 400 g/mol. The summed E-state index contributed by atoms with van der Waals surface area (Å²) in [6.07, 6.45) is -1.74. The van der Waals surface area contributed by atoms with E-state index in [0.29, 0.717) is 0 Å². The molecule has 3 aliphatic rings. The van der Waals surface area contributed by atoms with E-state index < -0.39 is 23.6 Å². The van der Waals surface area contributed by atoms with E-state index in [1.807, 2.05) is 13.0 Å². The predicted octanol–water partition coefficient (Wildman–Crippen LogP) is 4.17. The van der Waals surface area contributed by atoms with E-state index >= 15 is 0 Å². The number of carbonyl (C=O) groups excluding carboxylic acids is 2. The van der Waals surface area contributed by atoms with Crippen LogP contribution in [-0.4, -0.2) is 11.8 Å². The Morgan fingerprint density at radius 1 is 1.17 bits per heavy atom. The molecule has 2 fully saturated rings. The van der Waals surface area contributed by atoms with E-state index in [0.717, 1.165) is 23.0 Å². The van der Waals surface area contributed by atoms with Gasteiger partial charge in [-0.25, -0.2) is 0 Å². The lowest BCUT2D eigenvalue weighted by atomic mass is 9.82. The second-order valence-corrected chi connectivity index (χ2v) is 7.50. The molecule has 2 amide bonds. The van der Waals surface area contributed by atoms with Crippen LogP contribution in [0, 0.1) is 23.7 Å². The lowest BCUT2D eigenvalue weighted by molar-refractivity contribution is -0.138. The zero-order chi connectivity index (χ0) is 17.4. The van der Waals surface area contributed by atoms with Gasteiger partial charge in [-0.2, -0.15) is 13.2 Å². The summed E-state index contributed by atoms with van der Waals surface area (Å²) >= 11 is 2.87. The van der Waals surface area contributed by atoms with Gasteiger partial charge in [0.25, 0.3) is 0 Å². The summed E-state index contributed by atoms with van der Waals surface area (Å²) < 4.78 is 39.2. The molecule has 0 spiro atoms. The summed E-state index contributed by atoms with van der Waals surface area (Å²) in [7, 11) is 0. The second-order valence-electron chi connectivity index (χ2n) is 6.64. The molecule has 24 heavy (non-hydrogen) atoms. The summed E-state index contributed by atoms with van der Waals surface area (Å²) in [5, 5.41) is 0. The number of hydrogen-bond acceptors (Lipinski definition) is 2. The van der Waals surface area contributed by atoms with Crippen LogP contribution in [0.1, 0.15) is 18.9 Å². The minimum absolute atomic E-state index is 0.00743. The molecule has 1 aromatic rings. The highest BCUT2D eigenvalue weighted by Gasteiger charge is 2.61. The molecular formula is C17H13BrF3NO2. The van der Waals surface area contributed by atoms with Crippen molar-refractivity contribution < 1.29 is 22.8 Å². The van der Waals surface area contributed by atoms with Gasteiger partial charge in [0.05, 0.1) is 23.1 Å². The van der Waals surface area contributed by atoms with Gasteiger partial charge < -0.3 is 0 Å². The van der Waals surface area contributed by atoms with Gasteiger partial charge in [-0.1, -0.05) is 27.6 Å². The summed E-state index contributed by atoms with van der Waals surface area (Å²) in [5.41, 5.74) is 0.206. The summed E-state index contributed by atoms with van der Waals surface area (Å²) in [6.45, 7) is 1.95. The minimum atomic E-state index is -4.56. The summed E-state index contributed by atoms with van der Waals surface area (Å²) in [6, 6.07) is 3.46. The molecule has 1 saturated heterocycles. The van der Waals surface area contributed by atoms with E-state index in [4.69, 9.17) is 0 Å². The molecular weight excluding hydrogens is 387 g/mol. The number of anilines is 1. The Labute approximate surface area is 144 Å². The molecule has 1 aliphatic heterocycles. The fourth-order valence-corrected chi connectivity index (χ4v) is 4.87. The average Bonchev–Trinajstić information content (AvgIpc) is 3.10. The summed E-state index contributed by atoms with van der Waals surface area (Å²) in [5.74, 6) is -1.54. The van der Waals surface area contributed by atoms with Crippen molar-refractivity contribution in [2.75, 3.05) is 4.90 Å². The Morgan fingerprint density at radius 3 is 2.50 bits per heavy atom. The largest absolute Gasteiger partial charge is 0.417 e. The topological polar surface area (TPSA) is 37.4 Å². The molecule has 126 valence electrons. The van der Waals surface area contributed by atoms with Gasteiger partial charge in [-0.15, -0.1) is 0 Å². The van der Waals surface area contributed by atoms with E-state index in [9.17, 15) is 22.8 Å². The molecule has 4 atom stereocenters. The Morgan fingerprint density at radius 2 is 1.83 bits per heavy atom. The molecule has 0 unspecified atom stereocenters.